The first-order valence-electron chi connectivity index (χ1n) is 12.0. The van der Waals surface area contributed by atoms with Crippen LogP contribution in [-0.2, 0) is 6.61 Å². The van der Waals surface area contributed by atoms with Crippen LogP contribution < -0.4 is 0 Å². The van der Waals surface area contributed by atoms with E-state index >= 15 is 0 Å². The Morgan fingerprint density at radius 1 is 0.733 bits per heavy atom. The molecule has 30 heavy (non-hydrogen) atoms. The summed E-state index contributed by atoms with van der Waals surface area (Å²) >= 11 is 0. The molecule has 1 fully saturated rings. The Balaban J connectivity index is 0. The molecule has 2 atom stereocenters. The molecule has 2 unspecified atom stereocenters. The molecule has 0 amide bonds. The monoisotopic (exact) mass is 416 g/mol. The average molecular weight is 417 g/mol. The smallest absolute Gasteiger partial charge is 0.0681 e. The van der Waals surface area contributed by atoms with E-state index < -0.39 is 0 Å². The lowest BCUT2D eigenvalue weighted by atomic mass is 9.88. The first kappa shape index (κ1) is 30.6. The highest BCUT2D eigenvalue weighted by Crippen LogP contribution is 2.23. The third kappa shape index (κ3) is 15.2. The summed E-state index contributed by atoms with van der Waals surface area (Å²) in [6.45, 7) is 14.7. The van der Waals surface area contributed by atoms with E-state index in [0.29, 0.717) is 5.92 Å². The van der Waals surface area contributed by atoms with Gasteiger partial charge < -0.3 is 10.2 Å². The van der Waals surface area contributed by atoms with E-state index in [4.69, 9.17) is 5.11 Å². The van der Waals surface area contributed by atoms with Crippen LogP contribution >= 0.6 is 0 Å². The zero-order valence-corrected chi connectivity index (χ0v) is 20.7. The third-order valence-electron chi connectivity index (χ3n) is 4.31. The quantitative estimate of drug-likeness (QED) is 0.517. The van der Waals surface area contributed by atoms with Crippen molar-refractivity contribution < 1.29 is 10.2 Å². The number of aliphatic hydroxyl groups excluding tert-OH is 2. The number of rotatable bonds is 2. The SMILES string of the molecule is CC.CC1CCCCC1O.CCC.CCC.OCc1ccc(-c2ccccc2)cc1. The zero-order valence-electron chi connectivity index (χ0n) is 20.7. The van der Waals surface area contributed by atoms with Crippen molar-refractivity contribution >= 4 is 0 Å². The highest BCUT2D eigenvalue weighted by molar-refractivity contribution is 5.63. The molecule has 172 valence electrons. The zero-order chi connectivity index (χ0) is 23.2. The Labute approximate surface area is 187 Å². The first-order valence-corrected chi connectivity index (χ1v) is 12.0. The Bertz CT molecular complexity index is 551. The van der Waals surface area contributed by atoms with Crippen molar-refractivity contribution in [3.63, 3.8) is 0 Å². The average Bonchev–Trinajstić information content (AvgIpc) is 2.79. The first-order chi connectivity index (χ1) is 14.5. The lowest BCUT2D eigenvalue weighted by Gasteiger charge is -2.23. The van der Waals surface area contributed by atoms with Crippen LogP contribution in [-0.4, -0.2) is 16.3 Å². The number of aliphatic hydroxyl groups is 2. The molecule has 0 radical (unpaired) electrons. The van der Waals surface area contributed by atoms with Gasteiger partial charge >= 0.3 is 0 Å². The van der Waals surface area contributed by atoms with Gasteiger partial charge in [-0.3, -0.25) is 0 Å². The third-order valence-corrected chi connectivity index (χ3v) is 4.31. The molecule has 2 nitrogen and oxygen atoms in total. The van der Waals surface area contributed by atoms with E-state index in [9.17, 15) is 5.11 Å². The fourth-order valence-electron chi connectivity index (χ4n) is 2.73. The Morgan fingerprint density at radius 3 is 1.53 bits per heavy atom. The fourth-order valence-corrected chi connectivity index (χ4v) is 2.73. The molecule has 0 heterocycles. The molecule has 2 aromatic carbocycles. The predicted molar refractivity (Wildman–Crippen MR) is 135 cm³/mol. The van der Waals surface area contributed by atoms with Crippen LogP contribution in [0, 0.1) is 5.92 Å². The molecule has 0 saturated heterocycles. The molecule has 2 N–H and O–H groups in total. The summed E-state index contributed by atoms with van der Waals surface area (Å²) in [5, 5.41) is 18.1. The van der Waals surface area contributed by atoms with E-state index in [2.05, 4.69) is 46.8 Å². The highest BCUT2D eigenvalue weighted by Gasteiger charge is 2.17. The molecule has 0 aliphatic heterocycles. The van der Waals surface area contributed by atoms with Crippen molar-refractivity contribution in [2.45, 2.75) is 99.7 Å². The van der Waals surface area contributed by atoms with Crippen LogP contribution in [0.4, 0.5) is 0 Å². The maximum atomic E-state index is 9.18. The minimum atomic E-state index is 0.00347. The van der Waals surface area contributed by atoms with Crippen LogP contribution in [0.1, 0.15) is 92.6 Å². The number of hydrogen-bond acceptors (Lipinski definition) is 2. The van der Waals surface area contributed by atoms with Gasteiger partial charge in [0.05, 0.1) is 12.7 Å². The molecule has 1 aliphatic carbocycles. The summed E-state index contributed by atoms with van der Waals surface area (Å²) in [6.07, 6.45) is 7.30. The van der Waals surface area contributed by atoms with Gasteiger partial charge in [0.25, 0.3) is 0 Å². The van der Waals surface area contributed by atoms with Crippen LogP contribution in [0.3, 0.4) is 0 Å². The van der Waals surface area contributed by atoms with Crippen molar-refractivity contribution in [1.29, 1.82) is 0 Å². The van der Waals surface area contributed by atoms with E-state index in [0.717, 1.165) is 12.0 Å². The largest absolute Gasteiger partial charge is 0.393 e. The summed E-state index contributed by atoms with van der Waals surface area (Å²) in [4.78, 5) is 0. The van der Waals surface area contributed by atoms with Crippen molar-refractivity contribution in [2.24, 2.45) is 5.92 Å². The van der Waals surface area contributed by atoms with Gasteiger partial charge in [0.15, 0.2) is 0 Å². The Hall–Kier alpha value is -1.64. The second kappa shape index (κ2) is 22.1. The van der Waals surface area contributed by atoms with Crippen molar-refractivity contribution in [1.82, 2.24) is 0 Å². The maximum Gasteiger partial charge on any atom is 0.0681 e. The van der Waals surface area contributed by atoms with E-state index in [1.807, 2.05) is 56.3 Å². The van der Waals surface area contributed by atoms with Gasteiger partial charge in [-0.25, -0.2) is 0 Å². The van der Waals surface area contributed by atoms with E-state index in [1.165, 1.54) is 43.2 Å². The van der Waals surface area contributed by atoms with Gasteiger partial charge in [-0.1, -0.05) is 129 Å². The summed E-state index contributed by atoms with van der Waals surface area (Å²) in [5.41, 5.74) is 3.34. The molecular formula is C28H48O2. The molecule has 0 aromatic heterocycles. The summed E-state index contributed by atoms with van der Waals surface area (Å²) in [6, 6.07) is 18.2. The molecule has 3 rings (SSSR count). The van der Waals surface area contributed by atoms with Crippen molar-refractivity contribution in [3.8, 4) is 11.1 Å². The second-order valence-electron chi connectivity index (χ2n) is 7.46. The maximum absolute atomic E-state index is 9.18. The lowest BCUT2D eigenvalue weighted by Crippen LogP contribution is -2.21. The van der Waals surface area contributed by atoms with Crippen molar-refractivity contribution in [3.05, 3.63) is 60.2 Å². The van der Waals surface area contributed by atoms with Gasteiger partial charge in [0.2, 0.25) is 0 Å². The van der Waals surface area contributed by atoms with Gasteiger partial charge in [0, 0.05) is 0 Å². The predicted octanol–water partition coefficient (Wildman–Crippen LogP) is 8.26. The number of benzene rings is 2. The lowest BCUT2D eigenvalue weighted by molar-refractivity contribution is 0.0793. The molecule has 2 aromatic rings. The Kier molecular flexibility index (Phi) is 22.5. The standard InChI is InChI=1S/C13H12O.C7H14O.2C3H8.C2H6/c14-10-11-6-8-13(9-7-11)12-4-2-1-3-5-12;1-6-4-2-3-5-7(6)8;2*1-3-2;1-2/h1-9,14H,10H2;6-8H,2-5H2,1H3;2*3H2,1-2H3;1-2H3. The molecule has 1 aliphatic rings. The summed E-state index contributed by atoms with van der Waals surface area (Å²) in [5.74, 6) is 0.559. The summed E-state index contributed by atoms with van der Waals surface area (Å²) < 4.78 is 0. The minimum absolute atomic E-state index is 0.00347. The van der Waals surface area contributed by atoms with E-state index in [1.54, 1.807) is 0 Å². The minimum Gasteiger partial charge on any atom is -0.393 e. The van der Waals surface area contributed by atoms with Gasteiger partial charge in [0.1, 0.15) is 0 Å². The second-order valence-corrected chi connectivity index (χ2v) is 7.46. The van der Waals surface area contributed by atoms with Crippen molar-refractivity contribution in [2.75, 3.05) is 0 Å². The number of hydrogen-bond donors (Lipinski definition) is 2. The van der Waals surface area contributed by atoms with Crippen LogP contribution in [0.5, 0.6) is 0 Å². The topological polar surface area (TPSA) is 40.5 Å². The Morgan fingerprint density at radius 2 is 1.17 bits per heavy atom. The van der Waals surface area contributed by atoms with Gasteiger partial charge in [-0.2, -0.15) is 0 Å². The molecule has 0 spiro atoms. The van der Waals surface area contributed by atoms with Gasteiger partial charge in [-0.05, 0) is 35.4 Å². The van der Waals surface area contributed by atoms with Crippen LogP contribution in [0.15, 0.2) is 54.6 Å². The fraction of sp³-hybridized carbons (Fsp3) is 0.571. The molecular weight excluding hydrogens is 368 g/mol. The molecule has 0 bridgehead atoms. The molecule has 2 heteroatoms. The summed E-state index contributed by atoms with van der Waals surface area (Å²) in [7, 11) is 0. The van der Waals surface area contributed by atoms with E-state index in [-0.39, 0.29) is 12.7 Å². The van der Waals surface area contributed by atoms with Crippen LogP contribution in [0.25, 0.3) is 11.1 Å². The normalized spacial score (nSPS) is 16.7. The van der Waals surface area contributed by atoms with Gasteiger partial charge in [-0.15, -0.1) is 0 Å². The highest BCUT2D eigenvalue weighted by atomic mass is 16.3. The van der Waals surface area contributed by atoms with Crippen LogP contribution in [0.2, 0.25) is 0 Å². The molecule has 1 saturated carbocycles.